The maximum atomic E-state index is 12.0. The van der Waals surface area contributed by atoms with Crippen molar-refractivity contribution in [1.82, 2.24) is 0 Å². The van der Waals surface area contributed by atoms with Crippen LogP contribution in [0, 0.1) is 0 Å². The molecule has 0 bridgehead atoms. The Morgan fingerprint density at radius 1 is 0.917 bits per heavy atom. The highest BCUT2D eigenvalue weighted by Crippen LogP contribution is 2.45. The van der Waals surface area contributed by atoms with Crippen molar-refractivity contribution in [2.24, 2.45) is 0 Å². The summed E-state index contributed by atoms with van der Waals surface area (Å²) in [6, 6.07) is 0. The lowest BCUT2D eigenvalue weighted by Crippen LogP contribution is -2.53. The van der Waals surface area contributed by atoms with Gasteiger partial charge in [0.15, 0.2) is 6.67 Å². The molecule has 0 aromatic carbocycles. The summed E-state index contributed by atoms with van der Waals surface area (Å²) in [5.74, 6) is -15.9. The quantitative estimate of drug-likeness (QED) is 0.611. The maximum absolute atomic E-state index is 12.0. The van der Waals surface area contributed by atoms with E-state index in [1.165, 1.54) is 0 Å². The highest BCUT2D eigenvalue weighted by atomic mass is 19.3. The van der Waals surface area contributed by atoms with E-state index < -0.39 is 31.4 Å². The molecule has 0 aromatic rings. The smallest absolute Gasteiger partial charge is 0.244 e. The fourth-order valence-corrected chi connectivity index (χ4v) is 0.405. The highest BCUT2D eigenvalue weighted by molar-refractivity contribution is 4.93. The molecule has 0 atom stereocenters. The van der Waals surface area contributed by atoms with Crippen LogP contribution in [0.1, 0.15) is 6.92 Å². The molecule has 0 aliphatic carbocycles. The zero-order chi connectivity index (χ0) is 10.2. The van der Waals surface area contributed by atoms with Crippen LogP contribution in [-0.4, -0.2) is 24.4 Å². The van der Waals surface area contributed by atoms with Crippen LogP contribution >= 0.6 is 0 Å². The Morgan fingerprint density at radius 2 is 1.25 bits per heavy atom. The van der Waals surface area contributed by atoms with E-state index in [4.69, 9.17) is 0 Å². The molecular weight excluding hydrogens is 193 g/mol. The molecule has 0 spiro atoms. The van der Waals surface area contributed by atoms with Gasteiger partial charge in [0.2, 0.25) is 0 Å². The third-order valence-corrected chi connectivity index (χ3v) is 1.18. The molecule has 0 aliphatic rings. The molecule has 0 saturated heterocycles. The fourth-order valence-electron chi connectivity index (χ4n) is 0.405. The van der Waals surface area contributed by atoms with Gasteiger partial charge in [0, 0.05) is 6.92 Å². The molecule has 0 N–H and O–H groups in total. The largest absolute Gasteiger partial charge is 0.374 e. The van der Waals surface area contributed by atoms with Crippen molar-refractivity contribution in [3.05, 3.63) is 0 Å². The summed E-state index contributed by atoms with van der Waals surface area (Å²) in [5, 5.41) is 0. The second-order valence-electron chi connectivity index (χ2n) is 2.30. The Kier molecular flexibility index (Phi) is 2.66. The predicted molar refractivity (Wildman–Crippen MR) is 26.5 cm³/mol. The molecule has 0 unspecified atom stereocenters. The molecule has 0 fully saturated rings. The van der Waals surface area contributed by atoms with Crippen molar-refractivity contribution in [3.8, 4) is 0 Å². The summed E-state index contributed by atoms with van der Waals surface area (Å²) in [6.45, 7) is -3.21. The van der Waals surface area contributed by atoms with Gasteiger partial charge in [0.25, 0.3) is 0 Å². The van der Waals surface area contributed by atoms with E-state index in [9.17, 15) is 30.7 Å². The predicted octanol–water partition coefficient (Wildman–Crippen LogP) is 2.88. The van der Waals surface area contributed by atoms with E-state index in [1.54, 1.807) is 0 Å². The molecule has 0 aromatic heterocycles. The summed E-state index contributed by atoms with van der Waals surface area (Å²) >= 11 is 0. The summed E-state index contributed by atoms with van der Waals surface area (Å²) in [5.41, 5.74) is 0. The SMILES string of the molecule is CC(F)(F)C(F)(F)C(F)(F)CF. The van der Waals surface area contributed by atoms with Crippen LogP contribution < -0.4 is 0 Å². The van der Waals surface area contributed by atoms with Crippen LogP contribution in [0.25, 0.3) is 0 Å². The maximum Gasteiger partial charge on any atom is 0.374 e. The highest BCUT2D eigenvalue weighted by Gasteiger charge is 2.69. The van der Waals surface area contributed by atoms with Gasteiger partial charge < -0.3 is 0 Å². The third kappa shape index (κ3) is 1.64. The van der Waals surface area contributed by atoms with E-state index in [2.05, 4.69) is 0 Å². The van der Waals surface area contributed by atoms with Crippen LogP contribution in [0.3, 0.4) is 0 Å². The Bertz CT molecular complexity index is 156. The average Bonchev–Trinajstić information content (AvgIpc) is 1.85. The number of hydrogen-bond acceptors (Lipinski definition) is 0. The van der Waals surface area contributed by atoms with Gasteiger partial charge >= 0.3 is 17.8 Å². The van der Waals surface area contributed by atoms with Crippen LogP contribution in [0.4, 0.5) is 30.7 Å². The molecular formula is C5H5F7. The molecule has 0 amide bonds. The molecule has 0 rings (SSSR count). The van der Waals surface area contributed by atoms with Crippen molar-refractivity contribution in [1.29, 1.82) is 0 Å². The third-order valence-electron chi connectivity index (χ3n) is 1.18. The first-order valence-electron chi connectivity index (χ1n) is 2.75. The number of halogens is 7. The summed E-state index contributed by atoms with van der Waals surface area (Å²) in [7, 11) is 0. The summed E-state index contributed by atoms with van der Waals surface area (Å²) in [6.07, 6.45) is 0. The van der Waals surface area contributed by atoms with Crippen LogP contribution in [0.2, 0.25) is 0 Å². The average molecular weight is 198 g/mol. The number of hydrogen-bond donors (Lipinski definition) is 0. The van der Waals surface area contributed by atoms with Gasteiger partial charge in [-0.15, -0.1) is 0 Å². The number of alkyl halides is 7. The van der Waals surface area contributed by atoms with Crippen molar-refractivity contribution >= 4 is 0 Å². The van der Waals surface area contributed by atoms with Gasteiger partial charge in [-0.3, -0.25) is 0 Å². The van der Waals surface area contributed by atoms with Gasteiger partial charge in [0.1, 0.15) is 0 Å². The standard InChI is InChI=1S/C5H5F7/c1-3(7,8)5(11,12)4(9,10)2-6/h2H2,1H3. The van der Waals surface area contributed by atoms with E-state index in [0.717, 1.165) is 0 Å². The molecule has 0 nitrogen and oxygen atoms in total. The first-order chi connectivity index (χ1) is 5.06. The molecule has 74 valence electrons. The monoisotopic (exact) mass is 198 g/mol. The van der Waals surface area contributed by atoms with Crippen LogP contribution in [0.15, 0.2) is 0 Å². The minimum absolute atomic E-state index is 0.392. The Labute approximate surface area is 63.4 Å². The molecule has 0 saturated carbocycles. The second kappa shape index (κ2) is 2.77. The summed E-state index contributed by atoms with van der Waals surface area (Å²) < 4.78 is 82.4. The van der Waals surface area contributed by atoms with Crippen molar-refractivity contribution in [2.45, 2.75) is 24.7 Å². The first kappa shape index (κ1) is 11.5. The Hall–Kier alpha value is -0.490. The number of rotatable bonds is 3. The van der Waals surface area contributed by atoms with Crippen molar-refractivity contribution < 1.29 is 30.7 Å². The Morgan fingerprint density at radius 3 is 1.33 bits per heavy atom. The van der Waals surface area contributed by atoms with Gasteiger partial charge in [-0.2, -0.15) is 26.3 Å². The lowest BCUT2D eigenvalue weighted by atomic mass is 10.1. The first-order valence-corrected chi connectivity index (χ1v) is 2.75. The lowest BCUT2D eigenvalue weighted by molar-refractivity contribution is -0.305. The molecule has 7 heteroatoms. The van der Waals surface area contributed by atoms with Gasteiger partial charge in [0.05, 0.1) is 0 Å². The van der Waals surface area contributed by atoms with E-state index in [0.29, 0.717) is 0 Å². The molecule has 0 heterocycles. The van der Waals surface area contributed by atoms with E-state index >= 15 is 0 Å². The van der Waals surface area contributed by atoms with Crippen LogP contribution in [-0.2, 0) is 0 Å². The summed E-state index contributed by atoms with van der Waals surface area (Å²) in [4.78, 5) is 0. The molecule has 0 radical (unpaired) electrons. The van der Waals surface area contributed by atoms with E-state index in [1.807, 2.05) is 0 Å². The zero-order valence-corrected chi connectivity index (χ0v) is 5.85. The minimum Gasteiger partial charge on any atom is -0.244 e. The lowest BCUT2D eigenvalue weighted by Gasteiger charge is -2.28. The van der Waals surface area contributed by atoms with E-state index in [-0.39, 0.29) is 0 Å². The molecule has 12 heavy (non-hydrogen) atoms. The topological polar surface area (TPSA) is 0 Å². The normalized spacial score (nSPS) is 15.0. The fraction of sp³-hybridized carbons (Fsp3) is 1.00. The Balaban J connectivity index is 4.85. The second-order valence-corrected chi connectivity index (χ2v) is 2.30. The van der Waals surface area contributed by atoms with Crippen molar-refractivity contribution in [2.75, 3.05) is 6.67 Å². The van der Waals surface area contributed by atoms with Crippen molar-refractivity contribution in [3.63, 3.8) is 0 Å². The minimum atomic E-state index is -5.66. The van der Waals surface area contributed by atoms with Crippen LogP contribution in [0.5, 0.6) is 0 Å². The molecule has 0 aliphatic heterocycles. The zero-order valence-electron chi connectivity index (χ0n) is 5.85. The van der Waals surface area contributed by atoms with Gasteiger partial charge in [-0.1, -0.05) is 0 Å². The van der Waals surface area contributed by atoms with Gasteiger partial charge in [-0.05, 0) is 0 Å². The van der Waals surface area contributed by atoms with Gasteiger partial charge in [-0.25, -0.2) is 4.39 Å².